The van der Waals surface area contributed by atoms with Gasteiger partial charge in [-0.3, -0.25) is 9.89 Å². The molecular weight excluding hydrogens is 352 g/mol. The summed E-state index contributed by atoms with van der Waals surface area (Å²) < 4.78 is 27.7. The second-order valence-corrected chi connectivity index (χ2v) is 9.22. The summed E-state index contributed by atoms with van der Waals surface area (Å²) in [6.07, 6.45) is 7.61. The standard InChI is InChI=1S/C18H24N4O3S/c1-12-9-13-11-19-21-17(13)16(10-12)26(24,25)22-8-7-15(22)18(23)20-14-5-3-2-4-6-14/h9-11,14-15H,2-8H2,1H3,(H,19,21)(H,20,23). The predicted octanol–water partition coefficient (Wildman–Crippen LogP) is 2.08. The second kappa shape index (κ2) is 6.66. The first-order valence-corrected chi connectivity index (χ1v) is 10.7. The van der Waals surface area contributed by atoms with Gasteiger partial charge in [0.15, 0.2) is 0 Å². The van der Waals surface area contributed by atoms with Gasteiger partial charge >= 0.3 is 0 Å². The molecule has 4 rings (SSSR count). The third-order valence-electron chi connectivity index (χ3n) is 5.47. The van der Waals surface area contributed by atoms with Crippen LogP contribution in [-0.2, 0) is 14.8 Å². The summed E-state index contributed by atoms with van der Waals surface area (Å²) in [6.45, 7) is 2.23. The summed E-state index contributed by atoms with van der Waals surface area (Å²) >= 11 is 0. The number of hydrogen-bond donors (Lipinski definition) is 2. The van der Waals surface area contributed by atoms with Crippen molar-refractivity contribution in [1.29, 1.82) is 0 Å². The van der Waals surface area contributed by atoms with Crippen molar-refractivity contribution in [2.75, 3.05) is 6.54 Å². The maximum atomic E-state index is 13.2. The van der Waals surface area contributed by atoms with Crippen LogP contribution >= 0.6 is 0 Å². The number of aryl methyl sites for hydroxylation is 1. The molecule has 140 valence electrons. The first-order chi connectivity index (χ1) is 12.5. The SMILES string of the molecule is Cc1cc(S(=O)(=O)N2CCC2C(=O)NC2CCCCC2)c2[nH]ncc2c1. The van der Waals surface area contributed by atoms with Crippen molar-refractivity contribution in [2.45, 2.75) is 62.4 Å². The third-order valence-corrected chi connectivity index (χ3v) is 7.40. The molecule has 2 aliphatic rings. The molecular formula is C18H24N4O3S. The lowest BCUT2D eigenvalue weighted by molar-refractivity contribution is -0.128. The molecule has 2 N–H and O–H groups in total. The topological polar surface area (TPSA) is 95.2 Å². The number of nitrogens with one attached hydrogen (secondary N) is 2. The minimum atomic E-state index is -3.76. The predicted molar refractivity (Wildman–Crippen MR) is 98.1 cm³/mol. The molecule has 8 heteroatoms. The number of aromatic amines is 1. The molecule has 1 amide bonds. The van der Waals surface area contributed by atoms with Crippen LogP contribution in [0.15, 0.2) is 23.2 Å². The highest BCUT2D eigenvalue weighted by Crippen LogP contribution is 2.32. The van der Waals surface area contributed by atoms with Gasteiger partial charge in [0, 0.05) is 18.0 Å². The number of rotatable bonds is 4. The minimum absolute atomic E-state index is 0.166. The Morgan fingerprint density at radius 3 is 2.69 bits per heavy atom. The molecule has 1 saturated heterocycles. The van der Waals surface area contributed by atoms with E-state index in [1.54, 1.807) is 12.3 Å². The van der Waals surface area contributed by atoms with Crippen LogP contribution in [0.1, 0.15) is 44.1 Å². The Hall–Kier alpha value is -1.93. The van der Waals surface area contributed by atoms with E-state index in [-0.39, 0.29) is 16.8 Å². The van der Waals surface area contributed by atoms with Crippen LogP contribution < -0.4 is 5.32 Å². The van der Waals surface area contributed by atoms with Gasteiger partial charge in [-0.2, -0.15) is 9.40 Å². The summed E-state index contributed by atoms with van der Waals surface area (Å²) in [5, 5.41) is 10.6. The first kappa shape index (κ1) is 17.5. The molecule has 2 heterocycles. The summed E-state index contributed by atoms with van der Waals surface area (Å²) in [4.78, 5) is 12.8. The Morgan fingerprint density at radius 1 is 1.23 bits per heavy atom. The highest BCUT2D eigenvalue weighted by atomic mass is 32.2. The summed E-state index contributed by atoms with van der Waals surface area (Å²) in [5.41, 5.74) is 1.34. The van der Waals surface area contributed by atoms with Crippen molar-refractivity contribution in [3.8, 4) is 0 Å². The van der Waals surface area contributed by atoms with E-state index in [4.69, 9.17) is 0 Å². The molecule has 1 aromatic carbocycles. The second-order valence-electron chi connectivity index (χ2n) is 7.36. The Labute approximate surface area is 153 Å². The van der Waals surface area contributed by atoms with Gasteiger partial charge in [-0.1, -0.05) is 19.3 Å². The fourth-order valence-electron chi connectivity index (χ4n) is 3.96. The average Bonchev–Trinajstić information content (AvgIpc) is 3.01. The van der Waals surface area contributed by atoms with E-state index < -0.39 is 16.1 Å². The Bertz CT molecular complexity index is 931. The van der Waals surface area contributed by atoms with Crippen LogP contribution in [0.5, 0.6) is 0 Å². The van der Waals surface area contributed by atoms with Crippen molar-refractivity contribution in [2.24, 2.45) is 0 Å². The lowest BCUT2D eigenvalue weighted by atomic mass is 9.95. The van der Waals surface area contributed by atoms with Crippen molar-refractivity contribution >= 4 is 26.8 Å². The molecule has 2 fully saturated rings. The van der Waals surface area contributed by atoms with Crippen LogP contribution in [0.2, 0.25) is 0 Å². The molecule has 1 aliphatic heterocycles. The smallest absolute Gasteiger partial charge is 0.245 e. The zero-order valence-corrected chi connectivity index (χ0v) is 15.7. The van der Waals surface area contributed by atoms with Gasteiger partial charge in [0.1, 0.15) is 10.9 Å². The highest BCUT2D eigenvalue weighted by molar-refractivity contribution is 7.89. The molecule has 1 aliphatic carbocycles. The number of sulfonamides is 1. The summed E-state index contributed by atoms with van der Waals surface area (Å²) in [7, 11) is -3.76. The molecule has 0 bridgehead atoms. The summed E-state index contributed by atoms with van der Waals surface area (Å²) in [5.74, 6) is -0.166. The first-order valence-electron chi connectivity index (χ1n) is 9.23. The maximum Gasteiger partial charge on any atom is 0.245 e. The zero-order valence-electron chi connectivity index (χ0n) is 14.9. The van der Waals surface area contributed by atoms with Crippen LogP contribution in [0, 0.1) is 6.92 Å². The maximum absolute atomic E-state index is 13.2. The third kappa shape index (κ3) is 3.01. The summed E-state index contributed by atoms with van der Waals surface area (Å²) in [6, 6.07) is 3.10. The number of carbonyl (C=O) groups excluding carboxylic acids is 1. The van der Waals surface area contributed by atoms with Crippen LogP contribution in [-0.4, -0.2) is 47.5 Å². The average molecular weight is 376 g/mol. The zero-order chi connectivity index (χ0) is 18.3. The Balaban J connectivity index is 1.57. The van der Waals surface area contributed by atoms with E-state index >= 15 is 0 Å². The van der Waals surface area contributed by atoms with E-state index in [2.05, 4.69) is 15.5 Å². The number of carbonyl (C=O) groups is 1. The minimum Gasteiger partial charge on any atom is -0.352 e. The van der Waals surface area contributed by atoms with Gasteiger partial charge in [0.25, 0.3) is 0 Å². The van der Waals surface area contributed by atoms with Crippen LogP contribution in [0.25, 0.3) is 10.9 Å². The monoisotopic (exact) mass is 376 g/mol. The van der Waals surface area contributed by atoms with E-state index in [1.807, 2.05) is 13.0 Å². The molecule has 1 aromatic heterocycles. The van der Waals surface area contributed by atoms with Crippen molar-refractivity contribution < 1.29 is 13.2 Å². The van der Waals surface area contributed by atoms with E-state index in [0.717, 1.165) is 36.6 Å². The van der Waals surface area contributed by atoms with Crippen molar-refractivity contribution in [1.82, 2.24) is 19.8 Å². The highest BCUT2D eigenvalue weighted by Gasteiger charge is 2.44. The molecule has 0 spiro atoms. The lowest BCUT2D eigenvalue weighted by Gasteiger charge is -2.39. The van der Waals surface area contributed by atoms with Crippen molar-refractivity contribution in [3.63, 3.8) is 0 Å². The van der Waals surface area contributed by atoms with Gasteiger partial charge in [0.05, 0.1) is 11.7 Å². The lowest BCUT2D eigenvalue weighted by Crippen LogP contribution is -2.59. The van der Waals surface area contributed by atoms with Crippen LogP contribution in [0.3, 0.4) is 0 Å². The number of aromatic nitrogens is 2. The molecule has 1 saturated carbocycles. The molecule has 7 nitrogen and oxygen atoms in total. The van der Waals surface area contributed by atoms with Gasteiger partial charge in [-0.05, 0) is 43.9 Å². The number of nitrogens with zero attached hydrogens (tertiary/aromatic N) is 2. The quantitative estimate of drug-likeness (QED) is 0.854. The largest absolute Gasteiger partial charge is 0.352 e. The molecule has 1 unspecified atom stereocenters. The van der Waals surface area contributed by atoms with Gasteiger partial charge in [-0.25, -0.2) is 8.42 Å². The fraction of sp³-hybridized carbons (Fsp3) is 0.556. The van der Waals surface area contributed by atoms with E-state index in [0.29, 0.717) is 18.5 Å². The molecule has 26 heavy (non-hydrogen) atoms. The van der Waals surface area contributed by atoms with Gasteiger partial charge in [-0.15, -0.1) is 0 Å². The molecule has 0 radical (unpaired) electrons. The Kier molecular flexibility index (Phi) is 4.48. The van der Waals surface area contributed by atoms with Gasteiger partial charge < -0.3 is 5.32 Å². The van der Waals surface area contributed by atoms with Crippen molar-refractivity contribution in [3.05, 3.63) is 23.9 Å². The number of fused-ring (bicyclic) bond motifs is 1. The Morgan fingerprint density at radius 2 is 2.00 bits per heavy atom. The molecule has 1 atom stereocenters. The normalized spacial score (nSPS) is 22.3. The van der Waals surface area contributed by atoms with Gasteiger partial charge in [0.2, 0.25) is 15.9 Å². The van der Waals surface area contributed by atoms with E-state index in [1.165, 1.54) is 10.7 Å². The van der Waals surface area contributed by atoms with Crippen LogP contribution in [0.4, 0.5) is 0 Å². The number of H-pyrrole nitrogens is 1. The number of benzene rings is 1. The fourth-order valence-corrected chi connectivity index (χ4v) is 5.85. The number of hydrogen-bond acceptors (Lipinski definition) is 4. The van der Waals surface area contributed by atoms with E-state index in [9.17, 15) is 13.2 Å². The molecule has 2 aromatic rings. The number of amides is 1.